The summed E-state index contributed by atoms with van der Waals surface area (Å²) in [6, 6.07) is 2.60. The standard InChI is InChI=1S/C18H23F3N2O5.Li/c1-16(2,3)28-15(24)11-17(25)6-8-22(9-7-17)14-5-4-12(23(26)27)10-13(14)18(19,20)21;/h4-5,10,25H,6-9,11H2,1-3H3;. The van der Waals surface area contributed by atoms with Gasteiger partial charge in [-0.3, -0.25) is 14.9 Å². The number of esters is 1. The first kappa shape index (κ1) is 25.3. The van der Waals surface area contributed by atoms with Gasteiger partial charge in [0.05, 0.1) is 22.5 Å². The summed E-state index contributed by atoms with van der Waals surface area (Å²) < 4.78 is 45.3. The van der Waals surface area contributed by atoms with E-state index in [1.807, 2.05) is 0 Å². The van der Waals surface area contributed by atoms with Gasteiger partial charge in [0.1, 0.15) is 5.60 Å². The predicted molar refractivity (Wildman–Crippen MR) is 101 cm³/mol. The van der Waals surface area contributed by atoms with Crippen molar-refractivity contribution in [2.45, 2.75) is 57.4 Å². The smallest absolute Gasteiger partial charge is 0.418 e. The van der Waals surface area contributed by atoms with Gasteiger partial charge < -0.3 is 14.7 Å². The van der Waals surface area contributed by atoms with Crippen LogP contribution >= 0.6 is 0 Å². The van der Waals surface area contributed by atoms with Crippen LogP contribution in [0.1, 0.15) is 45.6 Å². The maximum Gasteiger partial charge on any atom is 0.418 e. The van der Waals surface area contributed by atoms with E-state index in [-0.39, 0.29) is 56.9 Å². The fraction of sp³-hybridized carbons (Fsp3) is 0.611. The molecule has 1 aromatic rings. The minimum Gasteiger partial charge on any atom is -0.460 e. The van der Waals surface area contributed by atoms with Crippen LogP contribution in [0.2, 0.25) is 0 Å². The minimum atomic E-state index is -4.76. The molecule has 7 nitrogen and oxygen atoms in total. The second-order valence-electron chi connectivity index (χ2n) is 7.93. The number of anilines is 1. The van der Waals surface area contributed by atoms with Crippen LogP contribution in [0.4, 0.5) is 24.5 Å². The summed E-state index contributed by atoms with van der Waals surface area (Å²) in [5.41, 5.74) is -3.99. The van der Waals surface area contributed by atoms with Crippen molar-refractivity contribution in [3.63, 3.8) is 0 Å². The van der Waals surface area contributed by atoms with Crippen LogP contribution in [0.5, 0.6) is 0 Å². The normalized spacial score (nSPS) is 16.7. The third-order valence-corrected chi connectivity index (χ3v) is 4.42. The quantitative estimate of drug-likeness (QED) is 0.354. The number of non-ortho nitro benzene ring substituents is 1. The van der Waals surface area contributed by atoms with E-state index in [0.29, 0.717) is 6.07 Å². The van der Waals surface area contributed by atoms with Crippen LogP contribution in [0, 0.1) is 10.1 Å². The van der Waals surface area contributed by atoms with Crippen LogP contribution in [-0.2, 0) is 15.7 Å². The third-order valence-electron chi connectivity index (χ3n) is 4.42. The van der Waals surface area contributed by atoms with Gasteiger partial charge in [0, 0.05) is 49.8 Å². The van der Waals surface area contributed by atoms with E-state index >= 15 is 0 Å². The van der Waals surface area contributed by atoms with Crippen molar-refractivity contribution in [1.29, 1.82) is 0 Å². The number of piperidine rings is 1. The largest absolute Gasteiger partial charge is 0.460 e. The average molecular weight is 411 g/mol. The van der Waals surface area contributed by atoms with Gasteiger partial charge in [-0.1, -0.05) is 0 Å². The molecule has 1 saturated heterocycles. The molecular weight excluding hydrogens is 388 g/mol. The molecule has 0 aromatic heterocycles. The number of benzene rings is 1. The number of ether oxygens (including phenoxy) is 1. The predicted octanol–water partition coefficient (Wildman–Crippen LogP) is 3.30. The van der Waals surface area contributed by atoms with Crippen molar-refractivity contribution in [2.24, 2.45) is 0 Å². The summed E-state index contributed by atoms with van der Waals surface area (Å²) in [6.07, 6.45) is -4.86. The number of hydrogen-bond donors (Lipinski definition) is 1. The number of carbonyl (C=O) groups excluding carboxylic acids is 1. The van der Waals surface area contributed by atoms with Gasteiger partial charge in [-0.15, -0.1) is 0 Å². The molecule has 1 aliphatic rings. The minimum absolute atomic E-state index is 0. The molecule has 0 saturated carbocycles. The third kappa shape index (κ3) is 6.91. The average Bonchev–Trinajstić information content (AvgIpc) is 2.51. The Morgan fingerprint density at radius 3 is 2.28 bits per heavy atom. The molecule has 1 aromatic carbocycles. The van der Waals surface area contributed by atoms with Crippen molar-refractivity contribution in [3.8, 4) is 0 Å². The molecule has 1 fully saturated rings. The van der Waals surface area contributed by atoms with Crippen LogP contribution in [0.25, 0.3) is 0 Å². The molecule has 1 aliphatic heterocycles. The number of alkyl halides is 3. The van der Waals surface area contributed by atoms with Crippen molar-refractivity contribution in [2.75, 3.05) is 18.0 Å². The van der Waals surface area contributed by atoms with Crippen molar-refractivity contribution < 1.29 is 32.7 Å². The van der Waals surface area contributed by atoms with Crippen LogP contribution in [0.15, 0.2) is 18.2 Å². The zero-order valence-electron chi connectivity index (χ0n) is 16.9. The van der Waals surface area contributed by atoms with Crippen LogP contribution in [0.3, 0.4) is 0 Å². The van der Waals surface area contributed by atoms with Crippen LogP contribution in [-0.4, -0.2) is 59.2 Å². The molecular formula is C18H23F3LiN2O5. The first-order valence-electron chi connectivity index (χ1n) is 8.75. The van der Waals surface area contributed by atoms with E-state index in [1.165, 1.54) is 4.90 Å². The van der Waals surface area contributed by atoms with Crippen molar-refractivity contribution in [3.05, 3.63) is 33.9 Å². The topological polar surface area (TPSA) is 92.9 Å². The number of nitro groups is 1. The van der Waals surface area contributed by atoms with Gasteiger partial charge in [0.15, 0.2) is 0 Å². The molecule has 2 rings (SSSR count). The molecule has 11 heteroatoms. The van der Waals surface area contributed by atoms with Crippen molar-refractivity contribution in [1.82, 2.24) is 0 Å². The summed E-state index contributed by atoms with van der Waals surface area (Å²) in [6.45, 7) is 5.24. The monoisotopic (exact) mass is 411 g/mol. The van der Waals surface area contributed by atoms with E-state index < -0.39 is 39.5 Å². The van der Waals surface area contributed by atoms with E-state index in [9.17, 15) is 33.2 Å². The SMILES string of the molecule is CC(C)(C)OC(=O)CC1(O)CCN(c2ccc([N+](=O)[O-])cc2C(F)(F)F)CC1.[Li]. The number of aliphatic hydroxyl groups is 1. The first-order valence-corrected chi connectivity index (χ1v) is 8.75. The number of rotatable bonds is 4. The van der Waals surface area contributed by atoms with Crippen LogP contribution < -0.4 is 4.90 Å². The number of nitrogens with zero attached hydrogens (tertiary/aromatic N) is 2. The van der Waals surface area contributed by atoms with E-state index in [0.717, 1.165) is 12.1 Å². The maximum atomic E-state index is 13.4. The fourth-order valence-corrected chi connectivity index (χ4v) is 3.13. The summed E-state index contributed by atoms with van der Waals surface area (Å²) in [5.74, 6) is -0.574. The summed E-state index contributed by atoms with van der Waals surface area (Å²) in [4.78, 5) is 23.3. The Morgan fingerprint density at radius 2 is 1.83 bits per heavy atom. The van der Waals surface area contributed by atoms with Gasteiger partial charge in [0.25, 0.3) is 5.69 Å². The molecule has 1 heterocycles. The second-order valence-corrected chi connectivity index (χ2v) is 7.93. The van der Waals surface area contributed by atoms with Gasteiger partial charge in [-0.25, -0.2) is 0 Å². The van der Waals surface area contributed by atoms with Gasteiger partial charge >= 0.3 is 12.1 Å². The molecule has 0 atom stereocenters. The van der Waals surface area contributed by atoms with Gasteiger partial charge in [0.2, 0.25) is 0 Å². The Bertz CT molecular complexity index is 757. The van der Waals surface area contributed by atoms with Gasteiger partial charge in [-0.05, 0) is 39.7 Å². The second kappa shape index (κ2) is 8.94. The molecule has 0 amide bonds. The summed E-state index contributed by atoms with van der Waals surface area (Å²) in [7, 11) is 0. The Labute approximate surface area is 178 Å². The molecule has 1 radical (unpaired) electrons. The number of halogens is 3. The maximum absolute atomic E-state index is 13.4. The Balaban J connectivity index is 0.00000420. The first-order chi connectivity index (χ1) is 12.7. The molecule has 0 unspecified atom stereocenters. The number of nitro benzene ring substituents is 1. The zero-order chi connectivity index (χ0) is 21.3. The molecule has 29 heavy (non-hydrogen) atoms. The van der Waals surface area contributed by atoms with Crippen molar-refractivity contribution >= 4 is 36.2 Å². The van der Waals surface area contributed by atoms with E-state index in [1.54, 1.807) is 20.8 Å². The molecule has 1 N–H and O–H groups in total. The molecule has 0 spiro atoms. The molecule has 0 aliphatic carbocycles. The Kier molecular flexibility index (Phi) is 7.79. The Hall–Kier alpha value is -1.76. The number of hydrogen-bond acceptors (Lipinski definition) is 6. The van der Waals surface area contributed by atoms with Gasteiger partial charge in [-0.2, -0.15) is 13.2 Å². The Morgan fingerprint density at radius 1 is 1.28 bits per heavy atom. The van der Waals surface area contributed by atoms with E-state index in [2.05, 4.69) is 0 Å². The fourth-order valence-electron chi connectivity index (χ4n) is 3.13. The summed E-state index contributed by atoms with van der Waals surface area (Å²) >= 11 is 0. The molecule has 0 bridgehead atoms. The summed E-state index contributed by atoms with van der Waals surface area (Å²) in [5, 5.41) is 21.4. The zero-order valence-corrected chi connectivity index (χ0v) is 16.9. The molecule has 157 valence electrons. The number of carbonyl (C=O) groups is 1. The van der Waals surface area contributed by atoms with E-state index in [4.69, 9.17) is 4.74 Å².